The highest BCUT2D eigenvalue weighted by Gasteiger charge is 2.44. The lowest BCUT2D eigenvalue weighted by Crippen LogP contribution is -2.53. The van der Waals surface area contributed by atoms with Crippen LogP contribution >= 0.6 is 0 Å². The molecule has 222 valence electrons. The van der Waals surface area contributed by atoms with Gasteiger partial charge in [0.05, 0.1) is 31.3 Å². The van der Waals surface area contributed by atoms with Crippen molar-refractivity contribution >= 4 is 17.7 Å². The smallest absolute Gasteiger partial charge is 0.243 e. The van der Waals surface area contributed by atoms with Crippen molar-refractivity contribution in [2.24, 2.45) is 0 Å². The summed E-state index contributed by atoms with van der Waals surface area (Å²) in [7, 11) is 0. The highest BCUT2D eigenvalue weighted by Crippen LogP contribution is 2.24. The molecule has 0 radical (unpaired) electrons. The van der Waals surface area contributed by atoms with Crippen molar-refractivity contribution in [2.75, 3.05) is 26.2 Å². The van der Waals surface area contributed by atoms with E-state index >= 15 is 0 Å². The molecule has 41 heavy (non-hydrogen) atoms. The highest BCUT2D eigenvalue weighted by atomic mass is 16.5. The molecule has 13 nitrogen and oxygen atoms in total. The number of carbonyl (C=O) groups excluding carboxylic acids is 3. The van der Waals surface area contributed by atoms with Gasteiger partial charge in [0.1, 0.15) is 24.4 Å². The minimum Gasteiger partial charge on any atom is -0.388 e. The molecule has 1 aromatic carbocycles. The molecular weight excluding hydrogens is 530 g/mol. The fourth-order valence-corrected chi connectivity index (χ4v) is 5.73. The quantitative estimate of drug-likeness (QED) is 0.260. The molecule has 3 aliphatic rings. The van der Waals surface area contributed by atoms with Crippen LogP contribution in [0.3, 0.4) is 0 Å². The highest BCUT2D eigenvalue weighted by molar-refractivity contribution is 5.90. The first kappa shape index (κ1) is 29.1. The average Bonchev–Trinajstić information content (AvgIpc) is 3.70. The van der Waals surface area contributed by atoms with Crippen LogP contribution < -0.4 is 16.0 Å². The molecule has 3 heterocycles. The van der Waals surface area contributed by atoms with Crippen LogP contribution in [0.5, 0.6) is 0 Å². The minimum atomic E-state index is -1.29. The van der Waals surface area contributed by atoms with Crippen molar-refractivity contribution < 1.29 is 29.3 Å². The number of hydrogen-bond donors (Lipinski definition) is 5. The topological polar surface area (TPSA) is 171 Å². The van der Waals surface area contributed by atoms with Gasteiger partial charge in [-0.05, 0) is 18.4 Å². The number of benzene rings is 1. The molecule has 2 aliphatic heterocycles. The Morgan fingerprint density at radius 2 is 1.80 bits per heavy atom. The van der Waals surface area contributed by atoms with E-state index in [4.69, 9.17) is 4.74 Å². The molecule has 5 rings (SSSR count). The molecule has 1 aromatic heterocycles. The summed E-state index contributed by atoms with van der Waals surface area (Å²) in [4.78, 5) is 41.1. The molecule has 3 fully saturated rings. The van der Waals surface area contributed by atoms with Crippen molar-refractivity contribution in [3.05, 3.63) is 47.8 Å². The van der Waals surface area contributed by atoms with Crippen molar-refractivity contribution in [1.29, 1.82) is 0 Å². The van der Waals surface area contributed by atoms with Crippen LogP contribution in [0.15, 0.2) is 36.5 Å². The Morgan fingerprint density at radius 3 is 2.59 bits per heavy atom. The van der Waals surface area contributed by atoms with Gasteiger partial charge in [-0.25, -0.2) is 4.68 Å². The second kappa shape index (κ2) is 13.5. The molecule has 0 unspecified atom stereocenters. The Balaban J connectivity index is 1.29. The molecule has 3 amide bonds. The van der Waals surface area contributed by atoms with E-state index in [0.717, 1.165) is 18.4 Å². The molecule has 2 aromatic rings. The number of aromatic nitrogens is 3. The van der Waals surface area contributed by atoms with Crippen LogP contribution in [0.4, 0.5) is 0 Å². The second-order valence-electron chi connectivity index (χ2n) is 11.1. The molecule has 0 spiro atoms. The van der Waals surface area contributed by atoms with E-state index in [1.54, 1.807) is 10.9 Å². The maximum atomic E-state index is 13.3. The zero-order chi connectivity index (χ0) is 28.8. The monoisotopic (exact) mass is 569 g/mol. The molecule has 1 aliphatic carbocycles. The number of carbonyl (C=O) groups is 3. The van der Waals surface area contributed by atoms with Crippen molar-refractivity contribution in [3.63, 3.8) is 0 Å². The van der Waals surface area contributed by atoms with E-state index in [9.17, 15) is 24.6 Å². The van der Waals surface area contributed by atoms with Crippen LogP contribution in [-0.4, -0.2) is 111 Å². The summed E-state index contributed by atoms with van der Waals surface area (Å²) < 4.78 is 7.44. The Morgan fingerprint density at radius 1 is 1.05 bits per heavy atom. The third kappa shape index (κ3) is 7.67. The van der Waals surface area contributed by atoms with Gasteiger partial charge in [0, 0.05) is 38.3 Å². The number of nitrogens with one attached hydrogen (secondary N) is 3. The first-order chi connectivity index (χ1) is 19.9. The molecule has 1 saturated carbocycles. The van der Waals surface area contributed by atoms with Gasteiger partial charge in [-0.1, -0.05) is 48.4 Å². The van der Waals surface area contributed by atoms with E-state index in [1.165, 1.54) is 17.7 Å². The van der Waals surface area contributed by atoms with Crippen molar-refractivity contribution in [1.82, 2.24) is 35.8 Å². The van der Waals surface area contributed by atoms with Crippen LogP contribution in [0.1, 0.15) is 43.4 Å². The number of aliphatic hydroxyl groups excluding tert-OH is 2. The maximum Gasteiger partial charge on any atom is 0.243 e. The standard InChI is InChI=1S/C28H39N7O6/c36-24-17-34(11-10-29-19-8-4-5-9-19)25(37)13-22-26(38)27(39)23(41-22)14-30-28(40)21(31-24)12-20-16-35(33-32-20)15-18-6-2-1-3-7-18/h1-3,6-7,16,19,21-23,26-27,29,38-39H,4-5,8-15,17H2,(H,30,40)(H,31,36)/t21-,22+,23-,26+,27-/m1/s1. The van der Waals surface area contributed by atoms with Gasteiger partial charge in [-0.3, -0.25) is 14.4 Å². The third-order valence-corrected chi connectivity index (χ3v) is 8.01. The normalized spacial score (nSPS) is 28.1. The summed E-state index contributed by atoms with van der Waals surface area (Å²) in [6.45, 7) is 0.942. The van der Waals surface area contributed by atoms with E-state index in [-0.39, 0.29) is 38.4 Å². The van der Waals surface area contributed by atoms with Gasteiger partial charge in [-0.2, -0.15) is 0 Å². The Kier molecular flexibility index (Phi) is 9.60. The number of amides is 3. The molecule has 5 atom stereocenters. The second-order valence-corrected chi connectivity index (χ2v) is 11.1. The summed E-state index contributed by atoms with van der Waals surface area (Å²) in [5, 5.41) is 38.3. The molecule has 2 bridgehead atoms. The van der Waals surface area contributed by atoms with E-state index in [1.807, 2.05) is 30.3 Å². The van der Waals surface area contributed by atoms with Crippen LogP contribution in [0.2, 0.25) is 0 Å². The lowest BCUT2D eigenvalue weighted by atomic mass is 10.0. The molecular formula is C28H39N7O6. The summed E-state index contributed by atoms with van der Waals surface area (Å²) >= 11 is 0. The lowest BCUT2D eigenvalue weighted by Gasteiger charge is -2.26. The number of rotatable bonds is 8. The molecule has 2 saturated heterocycles. The van der Waals surface area contributed by atoms with E-state index in [2.05, 4.69) is 26.3 Å². The largest absolute Gasteiger partial charge is 0.388 e. The van der Waals surface area contributed by atoms with E-state index in [0.29, 0.717) is 24.8 Å². The SMILES string of the molecule is O=C1CN(CCNC2CCCC2)C(=O)C[C@@H]2O[C@H](CNC(=O)[C@@H](Cc3cn(Cc4ccccc4)nn3)N1)[C@@H](O)[C@H]2O. The minimum absolute atomic E-state index is 0.0723. The summed E-state index contributed by atoms with van der Waals surface area (Å²) in [6, 6.07) is 9.15. The van der Waals surface area contributed by atoms with Crippen LogP contribution in [0, 0.1) is 0 Å². The van der Waals surface area contributed by atoms with E-state index < -0.39 is 42.3 Å². The number of ether oxygens (including phenoxy) is 1. The van der Waals surface area contributed by atoms with Gasteiger partial charge in [0.25, 0.3) is 0 Å². The van der Waals surface area contributed by atoms with Gasteiger partial charge in [0.2, 0.25) is 17.7 Å². The molecule has 5 N–H and O–H groups in total. The Bertz CT molecular complexity index is 1190. The summed E-state index contributed by atoms with van der Waals surface area (Å²) in [5.41, 5.74) is 1.55. The zero-order valence-corrected chi connectivity index (χ0v) is 23.0. The van der Waals surface area contributed by atoms with Crippen LogP contribution in [0.25, 0.3) is 0 Å². The summed E-state index contributed by atoms with van der Waals surface area (Å²) in [5.74, 6) is -1.35. The predicted molar refractivity (Wildman–Crippen MR) is 146 cm³/mol. The average molecular weight is 570 g/mol. The lowest BCUT2D eigenvalue weighted by molar-refractivity contribution is -0.139. The van der Waals surface area contributed by atoms with Crippen molar-refractivity contribution in [2.45, 2.75) is 81.6 Å². The van der Waals surface area contributed by atoms with Gasteiger partial charge in [-0.15, -0.1) is 5.10 Å². The molecule has 13 heteroatoms. The van der Waals surface area contributed by atoms with Crippen molar-refractivity contribution in [3.8, 4) is 0 Å². The maximum absolute atomic E-state index is 13.3. The fraction of sp³-hybridized carbons (Fsp3) is 0.607. The van der Waals surface area contributed by atoms with Gasteiger partial charge in [0.15, 0.2) is 0 Å². The first-order valence-electron chi connectivity index (χ1n) is 14.4. The number of fused-ring (bicyclic) bond motifs is 2. The predicted octanol–water partition coefficient (Wildman–Crippen LogP) is -1.28. The fourth-order valence-electron chi connectivity index (χ4n) is 5.73. The van der Waals surface area contributed by atoms with Crippen LogP contribution in [-0.2, 0) is 32.1 Å². The number of aliphatic hydroxyl groups is 2. The Hall–Kier alpha value is -3.39. The number of nitrogens with zero attached hydrogens (tertiary/aromatic N) is 4. The third-order valence-electron chi connectivity index (χ3n) is 8.01. The van der Waals surface area contributed by atoms with Gasteiger partial charge < -0.3 is 35.8 Å². The Labute approximate surface area is 238 Å². The van der Waals surface area contributed by atoms with Gasteiger partial charge >= 0.3 is 0 Å². The zero-order valence-electron chi connectivity index (χ0n) is 23.0. The first-order valence-corrected chi connectivity index (χ1v) is 14.4. The summed E-state index contributed by atoms with van der Waals surface area (Å²) in [6.07, 6.45) is 1.74. The number of hydrogen-bond acceptors (Lipinski definition) is 9.